The van der Waals surface area contributed by atoms with Gasteiger partial charge in [0.05, 0.1) is 15.9 Å². The summed E-state index contributed by atoms with van der Waals surface area (Å²) in [4.78, 5) is 10.2. The molecule has 1 saturated heterocycles. The Morgan fingerprint density at radius 2 is 1.81 bits per heavy atom. The molecule has 138 valence electrons. The van der Waals surface area contributed by atoms with Crippen molar-refractivity contribution in [3.63, 3.8) is 0 Å². The molecule has 3 rings (SSSR count). The highest BCUT2D eigenvalue weighted by Gasteiger charge is 2.33. The number of nitrogens with zero attached hydrogens (tertiary/aromatic N) is 2. The zero-order chi connectivity index (χ0) is 18.7. The van der Waals surface area contributed by atoms with Crippen LogP contribution in [0.4, 0.5) is 10.1 Å². The molecule has 1 atom stereocenters. The molecule has 1 fully saturated rings. The summed E-state index contributed by atoms with van der Waals surface area (Å²) in [6.07, 6.45) is 3.08. The van der Waals surface area contributed by atoms with Gasteiger partial charge in [0.25, 0.3) is 5.69 Å². The van der Waals surface area contributed by atoms with Crippen LogP contribution in [0.15, 0.2) is 53.4 Å². The van der Waals surface area contributed by atoms with Crippen molar-refractivity contribution < 1.29 is 17.7 Å². The van der Waals surface area contributed by atoms with E-state index < -0.39 is 26.8 Å². The summed E-state index contributed by atoms with van der Waals surface area (Å²) in [5.41, 5.74) is 0.457. The van der Waals surface area contributed by atoms with Gasteiger partial charge in [-0.1, -0.05) is 25.0 Å². The highest BCUT2D eigenvalue weighted by Crippen LogP contribution is 2.35. The minimum Gasteiger partial charge on any atom is -0.258 e. The molecule has 0 amide bonds. The number of sulfonamides is 1. The van der Waals surface area contributed by atoms with E-state index in [1.54, 1.807) is 12.1 Å². The van der Waals surface area contributed by atoms with E-state index in [9.17, 15) is 22.9 Å². The van der Waals surface area contributed by atoms with Crippen molar-refractivity contribution in [3.8, 4) is 0 Å². The van der Waals surface area contributed by atoms with E-state index in [0.717, 1.165) is 19.3 Å². The van der Waals surface area contributed by atoms with Crippen LogP contribution in [-0.4, -0.2) is 24.2 Å². The summed E-state index contributed by atoms with van der Waals surface area (Å²) in [6, 6.07) is 10.4. The van der Waals surface area contributed by atoms with Gasteiger partial charge < -0.3 is 0 Å². The van der Waals surface area contributed by atoms with Crippen LogP contribution in [0.2, 0.25) is 0 Å². The molecule has 6 nitrogen and oxygen atoms in total. The van der Waals surface area contributed by atoms with Gasteiger partial charge in [0.1, 0.15) is 5.82 Å². The van der Waals surface area contributed by atoms with Gasteiger partial charge in [-0.3, -0.25) is 10.1 Å². The lowest BCUT2D eigenvalue weighted by Crippen LogP contribution is -2.34. The fourth-order valence-electron chi connectivity index (χ4n) is 3.29. The Labute approximate surface area is 151 Å². The number of benzene rings is 2. The molecule has 2 aromatic rings. The van der Waals surface area contributed by atoms with Crippen LogP contribution in [0.3, 0.4) is 0 Å². The quantitative estimate of drug-likeness (QED) is 0.594. The molecule has 1 aliphatic heterocycles. The summed E-state index contributed by atoms with van der Waals surface area (Å²) in [7, 11) is -3.85. The van der Waals surface area contributed by atoms with Crippen molar-refractivity contribution in [2.24, 2.45) is 0 Å². The van der Waals surface area contributed by atoms with Crippen LogP contribution < -0.4 is 0 Å². The lowest BCUT2D eigenvalue weighted by Gasteiger charge is -2.29. The third kappa shape index (κ3) is 3.76. The first-order valence-electron chi connectivity index (χ1n) is 8.41. The summed E-state index contributed by atoms with van der Waals surface area (Å²) in [5, 5.41) is 10.8. The first-order chi connectivity index (χ1) is 12.4. The Bertz CT molecular complexity index is 900. The highest BCUT2D eigenvalue weighted by molar-refractivity contribution is 7.89. The van der Waals surface area contributed by atoms with Crippen LogP contribution in [0.1, 0.15) is 37.3 Å². The molecule has 0 saturated carbocycles. The molecule has 26 heavy (non-hydrogen) atoms. The third-order valence-corrected chi connectivity index (χ3v) is 6.51. The summed E-state index contributed by atoms with van der Waals surface area (Å²) >= 11 is 0. The van der Waals surface area contributed by atoms with E-state index in [0.29, 0.717) is 18.5 Å². The molecule has 2 aromatic carbocycles. The highest BCUT2D eigenvalue weighted by atomic mass is 32.2. The number of rotatable bonds is 4. The fraction of sp³-hybridized carbons (Fsp3) is 0.333. The van der Waals surface area contributed by atoms with E-state index in [2.05, 4.69) is 0 Å². The van der Waals surface area contributed by atoms with Gasteiger partial charge in [-0.2, -0.15) is 4.31 Å². The topological polar surface area (TPSA) is 80.5 Å². The Morgan fingerprint density at radius 3 is 2.46 bits per heavy atom. The van der Waals surface area contributed by atoms with Crippen molar-refractivity contribution in [2.45, 2.75) is 36.6 Å². The van der Waals surface area contributed by atoms with Crippen LogP contribution in [0.5, 0.6) is 0 Å². The summed E-state index contributed by atoms with van der Waals surface area (Å²) < 4.78 is 41.4. The van der Waals surface area contributed by atoms with Crippen LogP contribution in [-0.2, 0) is 10.0 Å². The lowest BCUT2D eigenvalue weighted by atomic mass is 10.0. The molecule has 0 bridgehead atoms. The van der Waals surface area contributed by atoms with E-state index in [4.69, 9.17) is 0 Å². The van der Waals surface area contributed by atoms with Gasteiger partial charge in [0.15, 0.2) is 0 Å². The fourth-order valence-corrected chi connectivity index (χ4v) is 4.97. The van der Waals surface area contributed by atoms with Crippen LogP contribution in [0, 0.1) is 15.9 Å². The largest absolute Gasteiger partial charge is 0.269 e. The molecular weight excluding hydrogens is 359 g/mol. The van der Waals surface area contributed by atoms with Crippen molar-refractivity contribution >= 4 is 15.7 Å². The Morgan fingerprint density at radius 1 is 1.08 bits per heavy atom. The number of nitro benzene ring substituents is 1. The van der Waals surface area contributed by atoms with E-state index in [1.807, 2.05) is 0 Å². The smallest absolute Gasteiger partial charge is 0.258 e. The van der Waals surface area contributed by atoms with Gasteiger partial charge >= 0.3 is 0 Å². The van der Waals surface area contributed by atoms with E-state index in [-0.39, 0.29) is 10.6 Å². The first-order valence-corrected chi connectivity index (χ1v) is 9.85. The van der Waals surface area contributed by atoms with Gasteiger partial charge in [0.2, 0.25) is 10.0 Å². The lowest BCUT2D eigenvalue weighted by molar-refractivity contribution is -0.384. The third-order valence-electron chi connectivity index (χ3n) is 4.59. The molecule has 0 radical (unpaired) electrons. The standard InChI is InChI=1S/C18H19FN2O4S/c19-15-6-4-5-14(13-15)18-7-2-1-3-12-20(18)26(24,25)17-10-8-16(9-11-17)21(22)23/h4-6,8-11,13,18H,1-3,7,12H2. The second-order valence-corrected chi connectivity index (χ2v) is 8.18. The average molecular weight is 378 g/mol. The molecule has 0 spiro atoms. The number of hydrogen-bond donors (Lipinski definition) is 0. The predicted octanol–water partition coefficient (Wildman–Crippen LogP) is 4.04. The normalized spacial score (nSPS) is 19.0. The van der Waals surface area contributed by atoms with Crippen molar-refractivity contribution in [1.82, 2.24) is 4.31 Å². The SMILES string of the molecule is O=[N+]([O-])c1ccc(S(=O)(=O)N2CCCCCC2c2cccc(F)c2)cc1. The van der Waals surface area contributed by atoms with Gasteiger partial charge in [0, 0.05) is 18.7 Å². The minimum atomic E-state index is -3.85. The zero-order valence-corrected chi connectivity index (χ0v) is 14.9. The monoisotopic (exact) mass is 378 g/mol. The maximum absolute atomic E-state index is 13.7. The van der Waals surface area contributed by atoms with Crippen LogP contribution in [0.25, 0.3) is 0 Å². The number of halogens is 1. The maximum Gasteiger partial charge on any atom is 0.269 e. The van der Waals surface area contributed by atoms with Crippen molar-refractivity contribution in [1.29, 1.82) is 0 Å². The molecule has 0 N–H and O–H groups in total. The summed E-state index contributed by atoms with van der Waals surface area (Å²) in [6.45, 7) is 0.334. The molecule has 8 heteroatoms. The van der Waals surface area contributed by atoms with Gasteiger partial charge in [-0.15, -0.1) is 0 Å². The van der Waals surface area contributed by atoms with E-state index in [1.165, 1.54) is 40.7 Å². The second-order valence-electron chi connectivity index (χ2n) is 6.29. The van der Waals surface area contributed by atoms with Crippen molar-refractivity contribution in [2.75, 3.05) is 6.54 Å². The van der Waals surface area contributed by atoms with E-state index >= 15 is 0 Å². The summed E-state index contributed by atoms with van der Waals surface area (Å²) in [5.74, 6) is -0.403. The van der Waals surface area contributed by atoms with Crippen LogP contribution >= 0.6 is 0 Å². The molecule has 1 aliphatic rings. The first kappa shape index (κ1) is 18.5. The van der Waals surface area contributed by atoms with Gasteiger partial charge in [-0.25, -0.2) is 12.8 Å². The molecule has 0 aromatic heterocycles. The zero-order valence-electron chi connectivity index (χ0n) is 14.0. The Kier molecular flexibility index (Phi) is 5.33. The van der Waals surface area contributed by atoms with Gasteiger partial charge in [-0.05, 0) is 42.7 Å². The number of nitro groups is 1. The maximum atomic E-state index is 13.7. The predicted molar refractivity (Wildman–Crippen MR) is 94.6 cm³/mol. The molecular formula is C18H19FN2O4S. The number of hydrogen-bond acceptors (Lipinski definition) is 4. The molecule has 0 aliphatic carbocycles. The Balaban J connectivity index is 2.00. The van der Waals surface area contributed by atoms with Crippen molar-refractivity contribution in [3.05, 3.63) is 70.0 Å². The Hall–Kier alpha value is -2.32. The molecule has 1 unspecified atom stereocenters. The number of non-ortho nitro benzene ring substituents is 1. The minimum absolute atomic E-state index is 0.00593. The molecule has 1 heterocycles. The second kappa shape index (κ2) is 7.51. The average Bonchev–Trinajstić information content (AvgIpc) is 2.88.